The highest BCUT2D eigenvalue weighted by Gasteiger charge is 2.20. The van der Waals surface area contributed by atoms with Gasteiger partial charge in [-0.15, -0.1) is 0 Å². The maximum atomic E-state index is 12.1. The molecule has 2 N–H and O–H groups in total. The van der Waals surface area contributed by atoms with Crippen LogP contribution in [0.25, 0.3) is 10.9 Å². The number of fused-ring (bicyclic) bond motifs is 1. The minimum atomic E-state index is -0.0692. The number of nitrogens with zero attached hydrogens (tertiary/aromatic N) is 1. The lowest BCUT2D eigenvalue weighted by Crippen LogP contribution is -2.43. The van der Waals surface area contributed by atoms with Gasteiger partial charge in [-0.05, 0) is 31.5 Å². The van der Waals surface area contributed by atoms with Gasteiger partial charge in [0.05, 0.1) is 23.4 Å². The van der Waals surface area contributed by atoms with Gasteiger partial charge in [0, 0.05) is 5.39 Å². The molecule has 3 rings (SSSR count). The van der Waals surface area contributed by atoms with E-state index in [1.807, 2.05) is 30.3 Å². The fraction of sp³-hybridized carbons (Fsp3) is 0.333. The number of benzene rings is 1. The number of nitrogens with one attached hydrogen (secondary N) is 2. The zero-order valence-corrected chi connectivity index (χ0v) is 10.7. The summed E-state index contributed by atoms with van der Waals surface area (Å²) in [7, 11) is 0. The normalized spacial score (nSPS) is 19.3. The monoisotopic (exact) mass is 255 g/mol. The Morgan fingerprint density at radius 1 is 1.32 bits per heavy atom. The van der Waals surface area contributed by atoms with Crippen LogP contribution in [0.3, 0.4) is 0 Å². The summed E-state index contributed by atoms with van der Waals surface area (Å²) in [6, 6.07) is 9.78. The van der Waals surface area contributed by atoms with E-state index in [4.69, 9.17) is 0 Å². The Labute approximate surface area is 112 Å². The van der Waals surface area contributed by atoms with Crippen molar-refractivity contribution in [1.82, 2.24) is 10.3 Å². The average Bonchev–Trinajstić information content (AvgIpc) is 2.48. The number of hydrogen-bond acceptors (Lipinski definition) is 3. The van der Waals surface area contributed by atoms with Gasteiger partial charge in [-0.3, -0.25) is 9.78 Å². The van der Waals surface area contributed by atoms with Crippen LogP contribution in [0.4, 0.5) is 5.69 Å². The summed E-state index contributed by atoms with van der Waals surface area (Å²) >= 11 is 0. The number of pyridine rings is 1. The fourth-order valence-electron chi connectivity index (χ4n) is 2.44. The average molecular weight is 255 g/mol. The Hall–Kier alpha value is -1.94. The summed E-state index contributed by atoms with van der Waals surface area (Å²) < 4.78 is 0. The summed E-state index contributed by atoms with van der Waals surface area (Å²) in [6.45, 7) is 0.925. The van der Waals surface area contributed by atoms with Crippen LogP contribution in [0, 0.1) is 0 Å². The third-order valence-electron chi connectivity index (χ3n) is 3.48. The highest BCUT2D eigenvalue weighted by molar-refractivity contribution is 5.96. The van der Waals surface area contributed by atoms with Crippen molar-refractivity contribution in [3.63, 3.8) is 0 Å². The number of piperidine rings is 1. The van der Waals surface area contributed by atoms with Crippen molar-refractivity contribution in [1.29, 1.82) is 0 Å². The van der Waals surface area contributed by atoms with Crippen molar-refractivity contribution < 1.29 is 4.79 Å². The molecule has 0 saturated carbocycles. The molecule has 0 aliphatic carbocycles. The van der Waals surface area contributed by atoms with Crippen molar-refractivity contribution in [2.24, 2.45) is 0 Å². The summed E-state index contributed by atoms with van der Waals surface area (Å²) in [6.07, 6.45) is 4.89. The molecule has 1 fully saturated rings. The van der Waals surface area contributed by atoms with Gasteiger partial charge in [0.2, 0.25) is 5.91 Å². The van der Waals surface area contributed by atoms with Crippen LogP contribution in [0.2, 0.25) is 0 Å². The maximum absolute atomic E-state index is 12.1. The number of carbonyl (C=O) groups is 1. The molecule has 1 amide bonds. The van der Waals surface area contributed by atoms with E-state index in [-0.39, 0.29) is 11.9 Å². The SMILES string of the molecule is O=C(Nc1cnc2ccccc2c1)[C@@H]1CCCCN1. The molecule has 4 nitrogen and oxygen atoms in total. The van der Waals surface area contributed by atoms with E-state index in [0.717, 1.165) is 42.4 Å². The first-order valence-corrected chi connectivity index (χ1v) is 6.72. The second-order valence-electron chi connectivity index (χ2n) is 4.91. The number of para-hydroxylation sites is 1. The minimum absolute atomic E-state index is 0.0387. The van der Waals surface area contributed by atoms with E-state index in [9.17, 15) is 4.79 Å². The van der Waals surface area contributed by atoms with Crippen molar-refractivity contribution in [3.05, 3.63) is 36.5 Å². The van der Waals surface area contributed by atoms with Gasteiger partial charge in [0.1, 0.15) is 0 Å². The summed E-state index contributed by atoms with van der Waals surface area (Å²) in [4.78, 5) is 16.4. The molecule has 19 heavy (non-hydrogen) atoms. The number of carbonyl (C=O) groups excluding carboxylic acids is 1. The molecule has 4 heteroatoms. The minimum Gasteiger partial charge on any atom is -0.323 e. The summed E-state index contributed by atoms with van der Waals surface area (Å²) in [5, 5.41) is 7.22. The quantitative estimate of drug-likeness (QED) is 0.866. The molecule has 1 aromatic carbocycles. The smallest absolute Gasteiger partial charge is 0.241 e. The molecule has 2 aromatic rings. The Kier molecular flexibility index (Phi) is 3.42. The topological polar surface area (TPSA) is 54.0 Å². The van der Waals surface area contributed by atoms with Gasteiger partial charge < -0.3 is 10.6 Å². The Bertz CT molecular complexity index is 591. The van der Waals surface area contributed by atoms with Crippen LogP contribution in [0.5, 0.6) is 0 Å². The molecule has 1 saturated heterocycles. The van der Waals surface area contributed by atoms with Crippen LogP contribution in [-0.4, -0.2) is 23.5 Å². The molecule has 98 valence electrons. The van der Waals surface area contributed by atoms with Gasteiger partial charge >= 0.3 is 0 Å². The number of amides is 1. The van der Waals surface area contributed by atoms with Gasteiger partial charge in [0.15, 0.2) is 0 Å². The molecule has 1 atom stereocenters. The van der Waals surface area contributed by atoms with E-state index in [1.54, 1.807) is 6.20 Å². The van der Waals surface area contributed by atoms with Crippen LogP contribution in [0.1, 0.15) is 19.3 Å². The van der Waals surface area contributed by atoms with Crippen LogP contribution in [-0.2, 0) is 4.79 Å². The zero-order valence-electron chi connectivity index (χ0n) is 10.7. The predicted molar refractivity (Wildman–Crippen MR) is 76.0 cm³/mol. The molecule has 0 unspecified atom stereocenters. The van der Waals surface area contributed by atoms with E-state index in [1.165, 1.54) is 0 Å². The second-order valence-corrected chi connectivity index (χ2v) is 4.91. The largest absolute Gasteiger partial charge is 0.323 e. The van der Waals surface area contributed by atoms with E-state index < -0.39 is 0 Å². The van der Waals surface area contributed by atoms with E-state index in [0.29, 0.717) is 0 Å². The molecule has 1 aliphatic heterocycles. The Morgan fingerprint density at radius 2 is 2.21 bits per heavy atom. The Balaban J connectivity index is 1.75. The molecule has 2 heterocycles. The lowest BCUT2D eigenvalue weighted by atomic mass is 10.0. The molecule has 0 spiro atoms. The molecular weight excluding hydrogens is 238 g/mol. The van der Waals surface area contributed by atoms with Gasteiger partial charge in [-0.2, -0.15) is 0 Å². The zero-order chi connectivity index (χ0) is 13.1. The van der Waals surface area contributed by atoms with Gasteiger partial charge in [0.25, 0.3) is 0 Å². The van der Waals surface area contributed by atoms with Crippen LogP contribution >= 0.6 is 0 Å². The van der Waals surface area contributed by atoms with Crippen molar-refractivity contribution in [3.8, 4) is 0 Å². The van der Waals surface area contributed by atoms with Crippen molar-refractivity contribution in [2.45, 2.75) is 25.3 Å². The molecule has 0 bridgehead atoms. The number of aromatic nitrogens is 1. The highest BCUT2D eigenvalue weighted by atomic mass is 16.2. The molecule has 1 aliphatic rings. The fourth-order valence-corrected chi connectivity index (χ4v) is 2.44. The summed E-state index contributed by atoms with van der Waals surface area (Å²) in [5.74, 6) is 0.0387. The van der Waals surface area contributed by atoms with Crippen molar-refractivity contribution in [2.75, 3.05) is 11.9 Å². The molecular formula is C15H17N3O. The van der Waals surface area contributed by atoms with Gasteiger partial charge in [-0.25, -0.2) is 0 Å². The number of hydrogen-bond donors (Lipinski definition) is 2. The third-order valence-corrected chi connectivity index (χ3v) is 3.48. The number of anilines is 1. The molecule has 0 radical (unpaired) electrons. The van der Waals surface area contributed by atoms with Crippen molar-refractivity contribution >= 4 is 22.5 Å². The third kappa shape index (κ3) is 2.74. The summed E-state index contributed by atoms with van der Waals surface area (Å²) in [5.41, 5.74) is 1.70. The first-order chi connectivity index (χ1) is 9.33. The predicted octanol–water partition coefficient (Wildman–Crippen LogP) is 2.32. The van der Waals surface area contributed by atoms with E-state index >= 15 is 0 Å². The lowest BCUT2D eigenvalue weighted by Gasteiger charge is -2.22. The maximum Gasteiger partial charge on any atom is 0.241 e. The standard InChI is InChI=1S/C15H17N3O/c19-15(14-7-3-4-8-16-14)18-12-9-11-5-1-2-6-13(11)17-10-12/h1-2,5-6,9-10,14,16H,3-4,7-8H2,(H,18,19)/t14-/m0/s1. The number of rotatable bonds is 2. The first-order valence-electron chi connectivity index (χ1n) is 6.72. The van der Waals surface area contributed by atoms with E-state index in [2.05, 4.69) is 15.6 Å². The first kappa shape index (κ1) is 12.1. The highest BCUT2D eigenvalue weighted by Crippen LogP contribution is 2.17. The van der Waals surface area contributed by atoms with Crippen LogP contribution in [0.15, 0.2) is 36.5 Å². The van der Waals surface area contributed by atoms with Gasteiger partial charge in [-0.1, -0.05) is 24.6 Å². The molecule has 1 aromatic heterocycles. The second kappa shape index (κ2) is 5.36. The lowest BCUT2D eigenvalue weighted by molar-refractivity contribution is -0.118. The van der Waals surface area contributed by atoms with Crippen LogP contribution < -0.4 is 10.6 Å². The Morgan fingerprint density at radius 3 is 3.05 bits per heavy atom.